The van der Waals surface area contributed by atoms with Crippen LogP contribution in [-0.2, 0) is 0 Å². The zero-order valence-electron chi connectivity index (χ0n) is 9.40. The highest BCUT2D eigenvalue weighted by Crippen LogP contribution is 2.37. The lowest BCUT2D eigenvalue weighted by atomic mass is 10.1. The van der Waals surface area contributed by atoms with Gasteiger partial charge in [0.25, 0.3) is 0 Å². The molecule has 1 aromatic carbocycles. The van der Waals surface area contributed by atoms with Crippen LogP contribution in [0.2, 0.25) is 0 Å². The summed E-state index contributed by atoms with van der Waals surface area (Å²) in [5.41, 5.74) is 1.36. The minimum Gasteiger partial charge on any atom is -0.494 e. The van der Waals surface area contributed by atoms with Gasteiger partial charge in [0.15, 0.2) is 0 Å². The molecule has 4 heteroatoms. The summed E-state index contributed by atoms with van der Waals surface area (Å²) < 4.78 is 10.4. The van der Waals surface area contributed by atoms with E-state index in [1.807, 2.05) is 19.0 Å². The van der Waals surface area contributed by atoms with Gasteiger partial charge in [-0.3, -0.25) is 4.79 Å². The maximum atomic E-state index is 10.7. The predicted molar refractivity (Wildman–Crippen MR) is 59.3 cm³/mol. The van der Waals surface area contributed by atoms with E-state index in [1.165, 1.54) is 0 Å². The molecule has 0 radical (unpaired) electrons. The molecule has 0 saturated carbocycles. The Morgan fingerprint density at radius 2 is 1.60 bits per heavy atom. The van der Waals surface area contributed by atoms with Crippen molar-refractivity contribution in [3.63, 3.8) is 0 Å². The Labute approximate surface area is 89.4 Å². The average molecular weight is 209 g/mol. The van der Waals surface area contributed by atoms with Gasteiger partial charge in [-0.25, -0.2) is 0 Å². The number of anilines is 1. The Morgan fingerprint density at radius 1 is 1.13 bits per heavy atom. The van der Waals surface area contributed by atoms with Crippen molar-refractivity contribution in [3.05, 3.63) is 17.7 Å². The number of hydrogen-bond donors (Lipinski definition) is 0. The van der Waals surface area contributed by atoms with E-state index >= 15 is 0 Å². The SMILES string of the molecule is COc1cc(C=O)cc(OC)c1N(C)C. The maximum absolute atomic E-state index is 10.7. The third-order valence-electron chi connectivity index (χ3n) is 2.09. The number of benzene rings is 1. The van der Waals surface area contributed by atoms with Crippen molar-refractivity contribution in [3.8, 4) is 11.5 Å². The van der Waals surface area contributed by atoms with Crippen LogP contribution in [0, 0.1) is 0 Å². The van der Waals surface area contributed by atoms with E-state index in [-0.39, 0.29) is 0 Å². The molecule has 15 heavy (non-hydrogen) atoms. The summed E-state index contributed by atoms with van der Waals surface area (Å²) >= 11 is 0. The van der Waals surface area contributed by atoms with Gasteiger partial charge >= 0.3 is 0 Å². The van der Waals surface area contributed by atoms with Crippen LogP contribution in [0.4, 0.5) is 5.69 Å². The van der Waals surface area contributed by atoms with Gasteiger partial charge in [0.1, 0.15) is 23.5 Å². The molecule has 0 heterocycles. The van der Waals surface area contributed by atoms with Crippen molar-refractivity contribution in [1.82, 2.24) is 0 Å². The summed E-state index contributed by atoms with van der Waals surface area (Å²) in [5, 5.41) is 0. The third-order valence-corrected chi connectivity index (χ3v) is 2.09. The van der Waals surface area contributed by atoms with Crippen LogP contribution in [0.5, 0.6) is 11.5 Å². The van der Waals surface area contributed by atoms with Crippen LogP contribution in [0.15, 0.2) is 12.1 Å². The molecule has 0 aliphatic carbocycles. The van der Waals surface area contributed by atoms with E-state index in [0.717, 1.165) is 12.0 Å². The number of nitrogens with zero attached hydrogens (tertiary/aromatic N) is 1. The van der Waals surface area contributed by atoms with Crippen molar-refractivity contribution in [2.24, 2.45) is 0 Å². The van der Waals surface area contributed by atoms with Crippen LogP contribution in [0.3, 0.4) is 0 Å². The first-order valence-corrected chi connectivity index (χ1v) is 4.52. The zero-order chi connectivity index (χ0) is 11.4. The lowest BCUT2D eigenvalue weighted by molar-refractivity contribution is 0.112. The topological polar surface area (TPSA) is 38.8 Å². The van der Waals surface area contributed by atoms with Gasteiger partial charge in [-0.2, -0.15) is 0 Å². The Hall–Kier alpha value is -1.71. The molecule has 0 N–H and O–H groups in total. The molecule has 0 aliphatic heterocycles. The van der Waals surface area contributed by atoms with Crippen molar-refractivity contribution in [2.75, 3.05) is 33.2 Å². The number of methoxy groups -OCH3 is 2. The first-order chi connectivity index (χ1) is 7.13. The summed E-state index contributed by atoms with van der Waals surface area (Å²) in [6.45, 7) is 0. The molecular formula is C11H15NO3. The molecule has 0 fully saturated rings. The van der Waals surface area contributed by atoms with Crippen LogP contribution >= 0.6 is 0 Å². The van der Waals surface area contributed by atoms with E-state index in [9.17, 15) is 4.79 Å². The molecule has 0 saturated heterocycles. The van der Waals surface area contributed by atoms with E-state index < -0.39 is 0 Å². The Morgan fingerprint density at radius 3 is 1.87 bits per heavy atom. The average Bonchev–Trinajstić information content (AvgIpc) is 2.26. The molecule has 0 atom stereocenters. The molecule has 0 aliphatic rings. The highest BCUT2D eigenvalue weighted by atomic mass is 16.5. The second-order valence-electron chi connectivity index (χ2n) is 3.29. The molecular weight excluding hydrogens is 194 g/mol. The van der Waals surface area contributed by atoms with Gasteiger partial charge in [0.2, 0.25) is 0 Å². The minimum absolute atomic E-state index is 0.536. The number of rotatable bonds is 4. The molecule has 0 aromatic heterocycles. The largest absolute Gasteiger partial charge is 0.494 e. The summed E-state index contributed by atoms with van der Waals surface area (Å²) in [6, 6.07) is 3.37. The maximum Gasteiger partial charge on any atom is 0.150 e. The highest BCUT2D eigenvalue weighted by molar-refractivity contribution is 5.81. The smallest absolute Gasteiger partial charge is 0.150 e. The fraction of sp³-hybridized carbons (Fsp3) is 0.364. The van der Waals surface area contributed by atoms with E-state index in [2.05, 4.69) is 0 Å². The van der Waals surface area contributed by atoms with Gasteiger partial charge in [0.05, 0.1) is 14.2 Å². The van der Waals surface area contributed by atoms with Gasteiger partial charge in [0, 0.05) is 19.7 Å². The first kappa shape index (κ1) is 11.4. The quantitative estimate of drug-likeness (QED) is 0.706. The van der Waals surface area contributed by atoms with Crippen LogP contribution < -0.4 is 14.4 Å². The number of carbonyl (C=O) groups excluding carboxylic acids is 1. The van der Waals surface area contributed by atoms with Gasteiger partial charge in [-0.15, -0.1) is 0 Å². The molecule has 1 rings (SSSR count). The lowest BCUT2D eigenvalue weighted by Crippen LogP contribution is -2.12. The van der Waals surface area contributed by atoms with Crippen LogP contribution in [-0.4, -0.2) is 34.6 Å². The van der Waals surface area contributed by atoms with Crippen molar-refractivity contribution >= 4 is 12.0 Å². The van der Waals surface area contributed by atoms with Crippen molar-refractivity contribution in [1.29, 1.82) is 0 Å². The minimum atomic E-state index is 0.536. The fourth-order valence-electron chi connectivity index (χ4n) is 1.42. The van der Waals surface area contributed by atoms with E-state index in [0.29, 0.717) is 17.1 Å². The van der Waals surface area contributed by atoms with E-state index in [1.54, 1.807) is 26.4 Å². The second-order valence-corrected chi connectivity index (χ2v) is 3.29. The number of carbonyl (C=O) groups is 1. The van der Waals surface area contributed by atoms with Crippen molar-refractivity contribution in [2.45, 2.75) is 0 Å². The molecule has 4 nitrogen and oxygen atoms in total. The number of hydrogen-bond acceptors (Lipinski definition) is 4. The second kappa shape index (κ2) is 4.68. The molecule has 0 amide bonds. The standard InChI is InChI=1S/C11H15NO3/c1-12(2)11-9(14-3)5-8(7-13)6-10(11)15-4/h5-7H,1-4H3. The summed E-state index contributed by atoms with van der Waals surface area (Å²) in [7, 11) is 6.91. The van der Waals surface area contributed by atoms with Gasteiger partial charge in [-0.05, 0) is 12.1 Å². The summed E-state index contributed by atoms with van der Waals surface area (Å²) in [4.78, 5) is 12.6. The lowest BCUT2D eigenvalue weighted by Gasteiger charge is -2.20. The molecule has 1 aromatic rings. The fourth-order valence-corrected chi connectivity index (χ4v) is 1.42. The van der Waals surface area contributed by atoms with E-state index in [4.69, 9.17) is 9.47 Å². The number of ether oxygens (including phenoxy) is 2. The zero-order valence-corrected chi connectivity index (χ0v) is 9.40. The Balaban J connectivity index is 3.39. The summed E-state index contributed by atoms with van der Waals surface area (Å²) in [6.07, 6.45) is 0.768. The van der Waals surface area contributed by atoms with Crippen LogP contribution in [0.1, 0.15) is 10.4 Å². The molecule has 0 spiro atoms. The normalized spacial score (nSPS) is 9.60. The molecule has 0 bridgehead atoms. The van der Waals surface area contributed by atoms with Crippen molar-refractivity contribution < 1.29 is 14.3 Å². The van der Waals surface area contributed by atoms with Gasteiger partial charge < -0.3 is 14.4 Å². The molecule has 82 valence electrons. The van der Waals surface area contributed by atoms with Gasteiger partial charge in [-0.1, -0.05) is 0 Å². The summed E-state index contributed by atoms with van der Waals surface area (Å²) in [5.74, 6) is 1.25. The van der Waals surface area contributed by atoms with Crippen LogP contribution in [0.25, 0.3) is 0 Å². The Kier molecular flexibility index (Phi) is 3.55. The monoisotopic (exact) mass is 209 g/mol. The highest BCUT2D eigenvalue weighted by Gasteiger charge is 2.13. The first-order valence-electron chi connectivity index (χ1n) is 4.52. The number of aldehydes is 1. The predicted octanol–water partition coefficient (Wildman–Crippen LogP) is 1.58. The third kappa shape index (κ3) is 2.21. The molecule has 0 unspecified atom stereocenters. The Bertz CT molecular complexity index is 336.